The molecular weight excluding hydrogens is 275 g/mol. The van der Waals surface area contributed by atoms with Crippen molar-refractivity contribution in [2.45, 2.75) is 6.04 Å². The van der Waals surface area contributed by atoms with Crippen molar-refractivity contribution in [3.05, 3.63) is 33.8 Å². The van der Waals surface area contributed by atoms with Crippen LogP contribution in [-0.4, -0.2) is 37.0 Å². The number of rotatable bonds is 6. The molecular formula is C12H18Cl2N2S. The van der Waals surface area contributed by atoms with E-state index in [0.29, 0.717) is 16.6 Å². The highest BCUT2D eigenvalue weighted by atomic mass is 35.5. The normalized spacial score (nSPS) is 13.1. The first-order valence-electron chi connectivity index (χ1n) is 5.43. The molecule has 0 aromatic heterocycles. The van der Waals surface area contributed by atoms with Crippen LogP contribution in [0.4, 0.5) is 0 Å². The van der Waals surface area contributed by atoms with Gasteiger partial charge in [0.2, 0.25) is 0 Å². The van der Waals surface area contributed by atoms with E-state index < -0.39 is 0 Å². The average molecular weight is 293 g/mol. The van der Waals surface area contributed by atoms with Gasteiger partial charge in [-0.05, 0) is 37.1 Å². The summed E-state index contributed by atoms with van der Waals surface area (Å²) >= 11 is 13.8. The molecule has 1 aromatic carbocycles. The van der Waals surface area contributed by atoms with Crippen molar-refractivity contribution in [3.63, 3.8) is 0 Å². The van der Waals surface area contributed by atoms with Crippen molar-refractivity contribution >= 4 is 35.0 Å². The molecule has 2 nitrogen and oxygen atoms in total. The number of halogens is 2. The van der Waals surface area contributed by atoms with Crippen LogP contribution in [0.3, 0.4) is 0 Å². The standard InChI is InChI=1S/C12H18Cl2N2S/c1-16(3-4-17-2)12(8-15)9-5-10(13)7-11(14)6-9/h5-7,12H,3-4,8,15H2,1-2H3. The number of benzene rings is 1. The van der Waals surface area contributed by atoms with Gasteiger partial charge in [0.15, 0.2) is 0 Å². The number of hydrogen-bond donors (Lipinski definition) is 1. The van der Waals surface area contributed by atoms with Crippen LogP contribution in [0.5, 0.6) is 0 Å². The Morgan fingerprint density at radius 2 is 1.88 bits per heavy atom. The van der Waals surface area contributed by atoms with Gasteiger partial charge in [0.1, 0.15) is 0 Å². The molecule has 0 bridgehead atoms. The number of likely N-dealkylation sites (N-methyl/N-ethyl adjacent to an activating group) is 1. The predicted octanol–water partition coefficient (Wildman–Crippen LogP) is 3.29. The highest BCUT2D eigenvalue weighted by molar-refractivity contribution is 7.98. The van der Waals surface area contributed by atoms with Crippen LogP contribution >= 0.6 is 35.0 Å². The fourth-order valence-electron chi connectivity index (χ4n) is 1.73. The molecule has 1 unspecified atom stereocenters. The fraction of sp³-hybridized carbons (Fsp3) is 0.500. The third-order valence-electron chi connectivity index (χ3n) is 2.67. The summed E-state index contributed by atoms with van der Waals surface area (Å²) in [6.45, 7) is 1.55. The monoisotopic (exact) mass is 292 g/mol. The smallest absolute Gasteiger partial charge is 0.0468 e. The van der Waals surface area contributed by atoms with Gasteiger partial charge in [-0.3, -0.25) is 4.90 Å². The molecule has 1 aromatic rings. The maximum Gasteiger partial charge on any atom is 0.0468 e. The van der Waals surface area contributed by atoms with Gasteiger partial charge in [0, 0.05) is 34.9 Å². The first-order valence-corrected chi connectivity index (χ1v) is 7.58. The predicted molar refractivity (Wildman–Crippen MR) is 79.3 cm³/mol. The summed E-state index contributed by atoms with van der Waals surface area (Å²) in [6.07, 6.45) is 2.10. The molecule has 0 aliphatic carbocycles. The first-order chi connectivity index (χ1) is 8.08. The largest absolute Gasteiger partial charge is 0.329 e. The summed E-state index contributed by atoms with van der Waals surface area (Å²) in [5.74, 6) is 1.08. The van der Waals surface area contributed by atoms with E-state index in [2.05, 4.69) is 18.2 Å². The molecule has 5 heteroatoms. The lowest BCUT2D eigenvalue weighted by molar-refractivity contribution is 0.266. The van der Waals surface area contributed by atoms with Gasteiger partial charge >= 0.3 is 0 Å². The topological polar surface area (TPSA) is 29.3 Å². The minimum atomic E-state index is 0.165. The Morgan fingerprint density at radius 1 is 1.29 bits per heavy atom. The van der Waals surface area contributed by atoms with E-state index in [9.17, 15) is 0 Å². The Balaban J connectivity index is 2.84. The van der Waals surface area contributed by atoms with E-state index in [4.69, 9.17) is 28.9 Å². The minimum absolute atomic E-state index is 0.165. The Bertz CT molecular complexity index is 340. The zero-order valence-corrected chi connectivity index (χ0v) is 12.4. The maximum absolute atomic E-state index is 6.01. The summed E-state index contributed by atoms with van der Waals surface area (Å²) < 4.78 is 0. The third kappa shape index (κ3) is 4.68. The lowest BCUT2D eigenvalue weighted by atomic mass is 10.1. The van der Waals surface area contributed by atoms with Crippen LogP contribution in [0.1, 0.15) is 11.6 Å². The van der Waals surface area contributed by atoms with E-state index in [0.717, 1.165) is 17.9 Å². The molecule has 0 radical (unpaired) electrons. The van der Waals surface area contributed by atoms with E-state index >= 15 is 0 Å². The first kappa shape index (κ1) is 15.1. The molecule has 0 heterocycles. The van der Waals surface area contributed by atoms with Crippen molar-refractivity contribution < 1.29 is 0 Å². The maximum atomic E-state index is 6.01. The summed E-state index contributed by atoms with van der Waals surface area (Å²) in [4.78, 5) is 2.23. The number of hydrogen-bond acceptors (Lipinski definition) is 3. The van der Waals surface area contributed by atoms with Crippen LogP contribution in [0.2, 0.25) is 10.0 Å². The Morgan fingerprint density at radius 3 is 2.35 bits per heavy atom. The van der Waals surface area contributed by atoms with Crippen molar-refractivity contribution in [2.24, 2.45) is 5.73 Å². The van der Waals surface area contributed by atoms with Crippen LogP contribution in [0, 0.1) is 0 Å². The highest BCUT2D eigenvalue weighted by Crippen LogP contribution is 2.26. The van der Waals surface area contributed by atoms with Gasteiger partial charge in [-0.2, -0.15) is 11.8 Å². The van der Waals surface area contributed by atoms with E-state index in [-0.39, 0.29) is 6.04 Å². The van der Waals surface area contributed by atoms with Gasteiger partial charge in [-0.1, -0.05) is 23.2 Å². The Kier molecular flexibility index (Phi) is 6.67. The zero-order valence-electron chi connectivity index (χ0n) is 10.1. The fourth-order valence-corrected chi connectivity index (χ4v) is 2.74. The molecule has 0 spiro atoms. The van der Waals surface area contributed by atoms with E-state index in [1.165, 1.54) is 0 Å². The molecule has 17 heavy (non-hydrogen) atoms. The SMILES string of the molecule is CSCCN(C)C(CN)c1cc(Cl)cc(Cl)c1. The molecule has 0 saturated carbocycles. The Hall–Kier alpha value is 0.0700. The van der Waals surface area contributed by atoms with E-state index in [1.807, 2.05) is 23.9 Å². The van der Waals surface area contributed by atoms with Gasteiger partial charge in [0.25, 0.3) is 0 Å². The van der Waals surface area contributed by atoms with Crippen molar-refractivity contribution in [3.8, 4) is 0 Å². The molecule has 1 atom stereocenters. The molecule has 0 aliphatic rings. The van der Waals surface area contributed by atoms with Gasteiger partial charge in [-0.25, -0.2) is 0 Å². The minimum Gasteiger partial charge on any atom is -0.329 e. The second-order valence-corrected chi connectivity index (χ2v) is 5.79. The van der Waals surface area contributed by atoms with Crippen molar-refractivity contribution in [2.75, 3.05) is 32.1 Å². The highest BCUT2D eigenvalue weighted by Gasteiger charge is 2.16. The number of nitrogens with two attached hydrogens (primary N) is 1. The summed E-state index contributed by atoms with van der Waals surface area (Å²) in [6, 6.07) is 5.77. The Labute approximate surface area is 117 Å². The van der Waals surface area contributed by atoms with Crippen LogP contribution in [0.25, 0.3) is 0 Å². The van der Waals surface area contributed by atoms with Gasteiger partial charge < -0.3 is 5.73 Å². The molecule has 1 rings (SSSR count). The number of nitrogens with zero attached hydrogens (tertiary/aromatic N) is 1. The summed E-state index contributed by atoms with van der Waals surface area (Å²) in [5.41, 5.74) is 6.92. The molecule has 2 N–H and O–H groups in total. The average Bonchev–Trinajstić information content (AvgIpc) is 2.26. The molecule has 96 valence electrons. The van der Waals surface area contributed by atoms with Crippen molar-refractivity contribution in [1.82, 2.24) is 4.90 Å². The molecule has 0 aliphatic heterocycles. The van der Waals surface area contributed by atoms with Gasteiger partial charge in [0.05, 0.1) is 0 Å². The second-order valence-electron chi connectivity index (χ2n) is 3.93. The molecule has 0 fully saturated rings. The van der Waals surface area contributed by atoms with Crippen LogP contribution < -0.4 is 5.73 Å². The quantitative estimate of drug-likeness (QED) is 0.872. The number of thioether (sulfide) groups is 1. The third-order valence-corrected chi connectivity index (χ3v) is 3.70. The molecule has 0 saturated heterocycles. The lowest BCUT2D eigenvalue weighted by Gasteiger charge is -2.27. The van der Waals surface area contributed by atoms with E-state index in [1.54, 1.807) is 6.07 Å². The molecule has 0 amide bonds. The van der Waals surface area contributed by atoms with Crippen LogP contribution in [-0.2, 0) is 0 Å². The lowest BCUT2D eigenvalue weighted by Crippen LogP contribution is -2.32. The van der Waals surface area contributed by atoms with Crippen LogP contribution in [0.15, 0.2) is 18.2 Å². The zero-order chi connectivity index (χ0) is 12.8. The second kappa shape index (κ2) is 7.49. The summed E-state index contributed by atoms with van der Waals surface area (Å²) in [7, 11) is 2.07. The van der Waals surface area contributed by atoms with Gasteiger partial charge in [-0.15, -0.1) is 0 Å². The van der Waals surface area contributed by atoms with Crippen molar-refractivity contribution in [1.29, 1.82) is 0 Å². The summed E-state index contributed by atoms with van der Waals surface area (Å²) in [5, 5.41) is 1.31.